The average molecular weight is 409 g/mol. The third kappa shape index (κ3) is 3.74. The van der Waals surface area contributed by atoms with Gasteiger partial charge in [0.1, 0.15) is 5.82 Å². The molecule has 0 bridgehead atoms. The van der Waals surface area contributed by atoms with Gasteiger partial charge in [0.2, 0.25) is 0 Å². The Morgan fingerprint density at radius 1 is 1.10 bits per heavy atom. The van der Waals surface area contributed by atoms with E-state index in [1.807, 2.05) is 65.8 Å². The number of carbonyl (C=O) groups excluding carboxylic acids is 1. The Kier molecular flexibility index (Phi) is 5.58. The minimum absolute atomic E-state index is 0.0169. The van der Waals surface area contributed by atoms with E-state index in [1.165, 1.54) is 4.68 Å². The van der Waals surface area contributed by atoms with E-state index in [4.69, 9.17) is 0 Å². The van der Waals surface area contributed by atoms with E-state index in [2.05, 4.69) is 5.10 Å². The van der Waals surface area contributed by atoms with Gasteiger partial charge in [-0.3, -0.25) is 4.79 Å². The fourth-order valence-electron chi connectivity index (χ4n) is 3.93. The number of para-hydroxylation sites is 1. The largest absolute Gasteiger partial charge is 0.350 e. The van der Waals surface area contributed by atoms with Crippen LogP contribution in [-0.4, -0.2) is 44.5 Å². The first-order chi connectivity index (χ1) is 14.1. The predicted molar refractivity (Wildman–Crippen MR) is 115 cm³/mol. The molecule has 1 amide bonds. The molecule has 1 aliphatic heterocycles. The second-order valence-corrected chi connectivity index (χ2v) is 8.07. The molecule has 0 saturated carbocycles. The molecule has 1 atom stereocenters. The fraction of sp³-hybridized carbons (Fsp3) is 0.318. The van der Waals surface area contributed by atoms with Crippen LogP contribution in [0, 0.1) is 0 Å². The maximum Gasteiger partial charge on any atom is 0.350 e. The number of aryl methyl sites for hydroxylation is 1. The number of aromatic nitrogens is 3. The Bertz CT molecular complexity index is 1070. The van der Waals surface area contributed by atoms with Crippen LogP contribution in [0.4, 0.5) is 0 Å². The van der Waals surface area contributed by atoms with Crippen molar-refractivity contribution in [3.05, 3.63) is 76.5 Å². The van der Waals surface area contributed by atoms with E-state index < -0.39 is 0 Å². The summed E-state index contributed by atoms with van der Waals surface area (Å²) in [6.45, 7) is 1.28. The molecule has 3 aromatic rings. The molecule has 0 spiro atoms. The summed E-state index contributed by atoms with van der Waals surface area (Å²) in [5.74, 6) is 0.784. The van der Waals surface area contributed by atoms with E-state index in [0.717, 1.165) is 41.4 Å². The predicted octanol–water partition coefficient (Wildman–Crippen LogP) is 3.31. The molecule has 1 saturated heterocycles. The van der Waals surface area contributed by atoms with E-state index >= 15 is 0 Å². The summed E-state index contributed by atoms with van der Waals surface area (Å²) in [7, 11) is 1.67. The highest BCUT2D eigenvalue weighted by atomic mass is 32.2. The number of likely N-dealkylation sites (tertiary alicyclic amines) is 1. The Hall–Kier alpha value is -2.80. The Morgan fingerprint density at radius 3 is 2.59 bits per heavy atom. The van der Waals surface area contributed by atoms with Gasteiger partial charge in [-0.15, -0.1) is 11.8 Å². The summed E-state index contributed by atoms with van der Waals surface area (Å²) in [4.78, 5) is 28.8. The van der Waals surface area contributed by atoms with Crippen molar-refractivity contribution in [2.45, 2.75) is 23.7 Å². The van der Waals surface area contributed by atoms with E-state index in [9.17, 15) is 9.59 Å². The van der Waals surface area contributed by atoms with Crippen molar-refractivity contribution in [3.8, 4) is 5.69 Å². The van der Waals surface area contributed by atoms with Crippen molar-refractivity contribution in [1.82, 2.24) is 19.2 Å². The molecule has 1 unspecified atom stereocenters. The van der Waals surface area contributed by atoms with Crippen LogP contribution in [0.5, 0.6) is 0 Å². The molecule has 0 aliphatic carbocycles. The van der Waals surface area contributed by atoms with Crippen molar-refractivity contribution in [2.75, 3.05) is 19.3 Å². The second kappa shape index (κ2) is 8.29. The maximum atomic E-state index is 13.2. The molecular formula is C22H24N4O2S. The highest BCUT2D eigenvalue weighted by Crippen LogP contribution is 2.29. The van der Waals surface area contributed by atoms with E-state index in [0.29, 0.717) is 6.54 Å². The van der Waals surface area contributed by atoms with Crippen molar-refractivity contribution >= 4 is 17.7 Å². The summed E-state index contributed by atoms with van der Waals surface area (Å²) >= 11 is 1.58. The summed E-state index contributed by atoms with van der Waals surface area (Å²) in [5, 5.41) is 4.54. The minimum atomic E-state index is -0.164. The lowest BCUT2D eigenvalue weighted by Crippen LogP contribution is -2.40. The lowest BCUT2D eigenvalue weighted by molar-refractivity contribution is 0.0700. The number of thioether (sulfide) groups is 1. The van der Waals surface area contributed by atoms with Crippen LogP contribution in [0.2, 0.25) is 0 Å². The van der Waals surface area contributed by atoms with Gasteiger partial charge in [-0.1, -0.05) is 30.3 Å². The number of amides is 1. The molecule has 2 heterocycles. The van der Waals surface area contributed by atoms with Crippen LogP contribution in [-0.2, 0) is 7.05 Å². The van der Waals surface area contributed by atoms with Crippen molar-refractivity contribution < 1.29 is 4.79 Å². The van der Waals surface area contributed by atoms with Gasteiger partial charge in [-0.05, 0) is 43.4 Å². The van der Waals surface area contributed by atoms with Gasteiger partial charge in [0.15, 0.2) is 0 Å². The zero-order valence-electron chi connectivity index (χ0n) is 16.6. The number of nitrogens with zero attached hydrogens (tertiary/aromatic N) is 4. The second-order valence-electron chi connectivity index (χ2n) is 7.23. The smallest absolute Gasteiger partial charge is 0.338 e. The highest BCUT2D eigenvalue weighted by molar-refractivity contribution is 7.98. The number of hydrogen-bond acceptors (Lipinski definition) is 4. The number of piperidine rings is 1. The van der Waals surface area contributed by atoms with Crippen LogP contribution in [0.3, 0.4) is 0 Å². The van der Waals surface area contributed by atoms with Crippen molar-refractivity contribution in [1.29, 1.82) is 0 Å². The molecule has 29 heavy (non-hydrogen) atoms. The van der Waals surface area contributed by atoms with Crippen molar-refractivity contribution in [2.24, 2.45) is 7.05 Å². The van der Waals surface area contributed by atoms with Gasteiger partial charge >= 0.3 is 5.69 Å². The quantitative estimate of drug-likeness (QED) is 0.622. The molecular weight excluding hydrogens is 384 g/mol. The van der Waals surface area contributed by atoms with E-state index in [1.54, 1.807) is 23.4 Å². The average Bonchev–Trinajstić information content (AvgIpc) is 3.08. The first-order valence-electron chi connectivity index (χ1n) is 9.74. The summed E-state index contributed by atoms with van der Waals surface area (Å²) < 4.78 is 3.06. The van der Waals surface area contributed by atoms with Gasteiger partial charge in [0, 0.05) is 31.0 Å². The first kappa shape index (κ1) is 19.5. The standard InChI is InChI=1S/C22H24N4O2S/c1-24-22(28)26(17-10-4-3-5-11-17)20(23-24)16-9-8-14-25(15-16)21(27)18-12-6-7-13-19(18)29-2/h3-7,10-13,16H,8-9,14-15H2,1-2H3. The molecule has 150 valence electrons. The van der Waals surface area contributed by atoms with Crippen LogP contribution in [0.1, 0.15) is 34.9 Å². The maximum absolute atomic E-state index is 13.2. The molecule has 0 N–H and O–H groups in total. The lowest BCUT2D eigenvalue weighted by Gasteiger charge is -2.32. The molecule has 2 aromatic carbocycles. The highest BCUT2D eigenvalue weighted by Gasteiger charge is 2.30. The summed E-state index contributed by atoms with van der Waals surface area (Å²) in [6.07, 6.45) is 3.77. The molecule has 4 rings (SSSR count). The van der Waals surface area contributed by atoms with Gasteiger partial charge < -0.3 is 4.90 Å². The molecule has 0 radical (unpaired) electrons. The topological polar surface area (TPSA) is 60.1 Å². The minimum Gasteiger partial charge on any atom is -0.338 e. The number of rotatable bonds is 4. The van der Waals surface area contributed by atoms with Crippen LogP contribution < -0.4 is 5.69 Å². The van der Waals surface area contributed by atoms with Gasteiger partial charge in [0.05, 0.1) is 11.3 Å². The lowest BCUT2D eigenvalue weighted by atomic mass is 9.96. The number of benzene rings is 2. The molecule has 1 aliphatic rings. The monoisotopic (exact) mass is 408 g/mol. The Labute approximate surface area is 174 Å². The van der Waals surface area contributed by atoms with Gasteiger partial charge in [0.25, 0.3) is 5.91 Å². The fourth-order valence-corrected chi connectivity index (χ4v) is 4.52. The van der Waals surface area contributed by atoms with Crippen LogP contribution in [0.15, 0.2) is 64.3 Å². The van der Waals surface area contributed by atoms with Gasteiger partial charge in [-0.2, -0.15) is 5.10 Å². The number of hydrogen-bond donors (Lipinski definition) is 0. The van der Waals surface area contributed by atoms with Crippen molar-refractivity contribution in [3.63, 3.8) is 0 Å². The normalized spacial score (nSPS) is 16.8. The first-order valence-corrected chi connectivity index (χ1v) is 11.0. The Balaban J connectivity index is 1.66. The summed E-state index contributed by atoms with van der Waals surface area (Å²) in [5.41, 5.74) is 1.38. The SMILES string of the molecule is CSc1ccccc1C(=O)N1CCCC(c2nn(C)c(=O)n2-c2ccccc2)C1. The van der Waals surface area contributed by atoms with Crippen LogP contribution >= 0.6 is 11.8 Å². The third-order valence-corrected chi connectivity index (χ3v) is 6.17. The number of carbonyl (C=O) groups is 1. The van der Waals surface area contributed by atoms with Crippen LogP contribution in [0.25, 0.3) is 5.69 Å². The zero-order valence-corrected chi connectivity index (χ0v) is 17.4. The zero-order chi connectivity index (χ0) is 20.4. The van der Waals surface area contributed by atoms with Gasteiger partial charge in [-0.25, -0.2) is 14.0 Å². The molecule has 6 nitrogen and oxygen atoms in total. The molecule has 1 fully saturated rings. The summed E-state index contributed by atoms with van der Waals surface area (Å²) in [6, 6.07) is 17.3. The Morgan fingerprint density at radius 2 is 1.83 bits per heavy atom. The van der Waals surface area contributed by atoms with E-state index in [-0.39, 0.29) is 17.5 Å². The molecule has 1 aromatic heterocycles. The third-order valence-electron chi connectivity index (χ3n) is 5.38. The molecule has 7 heteroatoms.